The molecule has 2 atom stereocenters. The molecule has 1 saturated heterocycles. The van der Waals surface area contributed by atoms with Crippen LogP contribution in [0.3, 0.4) is 0 Å². The van der Waals surface area contributed by atoms with Crippen LogP contribution < -0.4 is 5.32 Å². The van der Waals surface area contributed by atoms with E-state index in [9.17, 15) is 19.5 Å². The molecule has 0 spiro atoms. The van der Waals surface area contributed by atoms with Crippen LogP contribution in [0, 0.1) is 11.3 Å². The van der Waals surface area contributed by atoms with E-state index < -0.39 is 11.4 Å². The average molecular weight is 344 g/mol. The lowest BCUT2D eigenvalue weighted by Gasteiger charge is -2.23. The average Bonchev–Trinajstić information content (AvgIpc) is 3.14. The number of likely N-dealkylation sites (tertiary alicyclic amines) is 1. The Morgan fingerprint density at radius 2 is 2.00 bits per heavy atom. The van der Waals surface area contributed by atoms with E-state index in [0.29, 0.717) is 25.9 Å². The molecule has 2 aliphatic rings. The molecule has 134 valence electrons. The Kier molecular flexibility index (Phi) is 5.06. The minimum absolute atomic E-state index is 0.0709. The molecule has 1 aliphatic heterocycles. The van der Waals surface area contributed by atoms with Crippen LogP contribution in [0.25, 0.3) is 0 Å². The molecule has 1 heterocycles. The molecule has 0 radical (unpaired) electrons. The number of carboxylic acid groups (broad SMARTS) is 1. The summed E-state index contributed by atoms with van der Waals surface area (Å²) >= 11 is 0. The van der Waals surface area contributed by atoms with Crippen LogP contribution in [0.2, 0.25) is 0 Å². The van der Waals surface area contributed by atoms with E-state index in [2.05, 4.69) is 5.32 Å². The van der Waals surface area contributed by atoms with Gasteiger partial charge in [0.1, 0.15) is 0 Å². The van der Waals surface area contributed by atoms with Gasteiger partial charge in [-0.2, -0.15) is 0 Å². The molecule has 0 aromatic heterocycles. The molecule has 1 aromatic carbocycles. The number of fused-ring (bicyclic) bond motifs is 1. The van der Waals surface area contributed by atoms with Gasteiger partial charge in [0.15, 0.2) is 0 Å². The minimum Gasteiger partial charge on any atom is -0.481 e. The number of benzene rings is 1. The Hall–Kier alpha value is -2.37. The van der Waals surface area contributed by atoms with Crippen LogP contribution in [-0.4, -0.2) is 47.4 Å². The summed E-state index contributed by atoms with van der Waals surface area (Å²) in [7, 11) is 0. The first-order valence-electron chi connectivity index (χ1n) is 8.83. The summed E-state index contributed by atoms with van der Waals surface area (Å²) < 4.78 is 0. The highest BCUT2D eigenvalue weighted by Gasteiger charge is 2.55. The number of carbonyl (C=O) groups excluding carboxylic acids is 2. The standard InChI is InChI=1S/C19H24N2O4/c22-16(11-14-5-2-1-3-6-14)20-10-8-17(23)21-12-15-7-4-9-19(15,13-21)18(24)25/h1-3,5-6,15H,4,7-13H2,(H,20,22)(H,24,25)/t15-,19+/m0/s1. The molecule has 1 aliphatic carbocycles. The van der Waals surface area contributed by atoms with Crippen molar-refractivity contribution >= 4 is 17.8 Å². The third-order valence-corrected chi connectivity index (χ3v) is 5.52. The van der Waals surface area contributed by atoms with Gasteiger partial charge in [0.2, 0.25) is 11.8 Å². The maximum absolute atomic E-state index is 12.4. The second-order valence-corrected chi connectivity index (χ2v) is 7.09. The van der Waals surface area contributed by atoms with E-state index in [-0.39, 0.29) is 30.7 Å². The Morgan fingerprint density at radius 1 is 1.24 bits per heavy atom. The number of carbonyl (C=O) groups is 3. The largest absolute Gasteiger partial charge is 0.481 e. The summed E-state index contributed by atoms with van der Waals surface area (Å²) in [6.45, 7) is 1.12. The molecule has 1 aromatic rings. The van der Waals surface area contributed by atoms with Crippen LogP contribution in [0.1, 0.15) is 31.2 Å². The van der Waals surface area contributed by atoms with Gasteiger partial charge in [-0.1, -0.05) is 36.8 Å². The lowest BCUT2D eigenvalue weighted by atomic mass is 9.81. The molecule has 0 bridgehead atoms. The molecular weight excluding hydrogens is 320 g/mol. The minimum atomic E-state index is -0.776. The summed E-state index contributed by atoms with van der Waals surface area (Å²) in [6, 6.07) is 9.44. The number of aliphatic carboxylic acids is 1. The van der Waals surface area contributed by atoms with Gasteiger partial charge in [-0.15, -0.1) is 0 Å². The number of carboxylic acids is 1. The van der Waals surface area contributed by atoms with Gasteiger partial charge < -0.3 is 15.3 Å². The smallest absolute Gasteiger partial charge is 0.311 e. The molecule has 1 saturated carbocycles. The summed E-state index contributed by atoms with van der Waals surface area (Å²) in [5.41, 5.74) is 0.189. The zero-order valence-corrected chi connectivity index (χ0v) is 14.2. The predicted octanol–water partition coefficient (Wildman–Crippen LogP) is 1.45. The van der Waals surface area contributed by atoms with Crippen LogP contribution in [0.4, 0.5) is 0 Å². The van der Waals surface area contributed by atoms with E-state index in [1.54, 1.807) is 4.90 Å². The monoisotopic (exact) mass is 344 g/mol. The van der Waals surface area contributed by atoms with Crippen LogP contribution >= 0.6 is 0 Å². The Bertz CT molecular complexity index is 661. The molecule has 6 nitrogen and oxygen atoms in total. The molecule has 2 N–H and O–H groups in total. The highest BCUT2D eigenvalue weighted by Crippen LogP contribution is 2.48. The first-order valence-corrected chi connectivity index (χ1v) is 8.83. The van der Waals surface area contributed by atoms with E-state index in [1.165, 1.54) is 0 Å². The fourth-order valence-corrected chi connectivity index (χ4v) is 4.14. The number of rotatable bonds is 6. The van der Waals surface area contributed by atoms with Gasteiger partial charge in [0.05, 0.1) is 11.8 Å². The van der Waals surface area contributed by atoms with Crippen molar-refractivity contribution in [3.63, 3.8) is 0 Å². The summed E-state index contributed by atoms with van der Waals surface area (Å²) in [6.07, 6.45) is 2.97. The Labute approximate surface area is 147 Å². The van der Waals surface area contributed by atoms with Crippen molar-refractivity contribution < 1.29 is 19.5 Å². The maximum atomic E-state index is 12.4. The fourth-order valence-electron chi connectivity index (χ4n) is 4.14. The highest BCUT2D eigenvalue weighted by atomic mass is 16.4. The third kappa shape index (κ3) is 3.67. The maximum Gasteiger partial charge on any atom is 0.311 e. The molecule has 3 rings (SSSR count). The predicted molar refractivity (Wildman–Crippen MR) is 91.8 cm³/mol. The van der Waals surface area contributed by atoms with Crippen molar-refractivity contribution in [2.75, 3.05) is 19.6 Å². The molecule has 6 heteroatoms. The first-order chi connectivity index (χ1) is 12.0. The topological polar surface area (TPSA) is 86.7 Å². The Morgan fingerprint density at radius 3 is 2.68 bits per heavy atom. The number of hydrogen-bond acceptors (Lipinski definition) is 3. The van der Waals surface area contributed by atoms with E-state index in [1.807, 2.05) is 30.3 Å². The fraction of sp³-hybridized carbons (Fsp3) is 0.526. The third-order valence-electron chi connectivity index (χ3n) is 5.52. The van der Waals surface area contributed by atoms with Gasteiger partial charge in [0.25, 0.3) is 0 Å². The number of nitrogens with zero attached hydrogens (tertiary/aromatic N) is 1. The second-order valence-electron chi connectivity index (χ2n) is 7.09. The molecule has 0 unspecified atom stereocenters. The summed E-state index contributed by atoms with van der Waals surface area (Å²) in [5, 5.41) is 12.3. The van der Waals surface area contributed by atoms with Gasteiger partial charge in [-0.25, -0.2) is 0 Å². The SMILES string of the molecule is O=C(Cc1ccccc1)NCCC(=O)N1C[C@@H]2CCC[C@@]2(C(=O)O)C1. The van der Waals surface area contributed by atoms with Crippen LogP contribution in [0.5, 0.6) is 0 Å². The van der Waals surface area contributed by atoms with Gasteiger partial charge in [-0.05, 0) is 24.3 Å². The van der Waals surface area contributed by atoms with E-state index in [4.69, 9.17) is 0 Å². The Balaban J connectivity index is 1.44. The number of hydrogen-bond donors (Lipinski definition) is 2. The number of amides is 2. The van der Waals surface area contributed by atoms with E-state index >= 15 is 0 Å². The van der Waals surface area contributed by atoms with Crippen molar-refractivity contribution in [1.29, 1.82) is 0 Å². The van der Waals surface area contributed by atoms with Gasteiger partial charge in [0, 0.05) is 26.1 Å². The lowest BCUT2D eigenvalue weighted by molar-refractivity contribution is -0.149. The zero-order valence-electron chi connectivity index (χ0n) is 14.2. The summed E-state index contributed by atoms with van der Waals surface area (Å²) in [4.78, 5) is 37.6. The molecule has 2 amide bonds. The second kappa shape index (κ2) is 7.25. The molecular formula is C19H24N2O4. The van der Waals surface area contributed by atoms with Gasteiger partial charge in [-0.3, -0.25) is 14.4 Å². The first kappa shape index (κ1) is 17.5. The lowest BCUT2D eigenvalue weighted by Crippen LogP contribution is -2.38. The number of nitrogens with one attached hydrogen (secondary N) is 1. The van der Waals surface area contributed by atoms with E-state index in [0.717, 1.165) is 18.4 Å². The van der Waals surface area contributed by atoms with Crippen molar-refractivity contribution in [3.8, 4) is 0 Å². The van der Waals surface area contributed by atoms with Crippen molar-refractivity contribution in [1.82, 2.24) is 10.2 Å². The normalized spacial score (nSPS) is 24.8. The van der Waals surface area contributed by atoms with Crippen molar-refractivity contribution in [2.45, 2.75) is 32.1 Å². The summed E-state index contributed by atoms with van der Waals surface area (Å²) in [5.74, 6) is -0.891. The molecule has 25 heavy (non-hydrogen) atoms. The molecule has 2 fully saturated rings. The highest BCUT2D eigenvalue weighted by molar-refractivity contribution is 5.82. The van der Waals surface area contributed by atoms with Crippen molar-refractivity contribution in [3.05, 3.63) is 35.9 Å². The quantitative estimate of drug-likeness (QED) is 0.818. The van der Waals surface area contributed by atoms with Crippen molar-refractivity contribution in [2.24, 2.45) is 11.3 Å². The van der Waals surface area contributed by atoms with Crippen LogP contribution in [0.15, 0.2) is 30.3 Å². The zero-order chi connectivity index (χ0) is 17.9. The van der Waals surface area contributed by atoms with Crippen LogP contribution in [-0.2, 0) is 20.8 Å². The van der Waals surface area contributed by atoms with Gasteiger partial charge >= 0.3 is 5.97 Å².